The molecule has 2 fully saturated rings. The monoisotopic (exact) mass is 322 g/mol. The zero-order valence-electron chi connectivity index (χ0n) is 15.1. The summed E-state index contributed by atoms with van der Waals surface area (Å²) in [5.41, 5.74) is 11.3. The zero-order valence-corrected chi connectivity index (χ0v) is 15.1. The third-order valence-electron chi connectivity index (χ3n) is 5.72. The maximum atomic E-state index is 5.46. The van der Waals surface area contributed by atoms with E-state index < -0.39 is 0 Å². The average Bonchev–Trinajstić information content (AvgIpc) is 3.47. The molecule has 2 aliphatic rings. The van der Waals surface area contributed by atoms with E-state index in [1.54, 1.807) is 0 Å². The number of rotatable bonds is 5. The maximum absolute atomic E-state index is 5.46. The summed E-state index contributed by atoms with van der Waals surface area (Å²) in [7, 11) is 0. The second kappa shape index (κ2) is 6.02. The molecule has 2 aromatic carbocycles. The molecular formula is C22H26O2. The maximum Gasteiger partial charge on any atom is 0.0850 e. The molecule has 0 aliphatic carbocycles. The first kappa shape index (κ1) is 15.9. The van der Waals surface area contributed by atoms with Gasteiger partial charge in [-0.1, -0.05) is 24.3 Å². The minimum atomic E-state index is 0.441. The van der Waals surface area contributed by atoms with Gasteiger partial charge in [-0.05, 0) is 72.2 Å². The summed E-state index contributed by atoms with van der Waals surface area (Å²) < 4.78 is 10.8. The lowest BCUT2D eigenvalue weighted by molar-refractivity contribution is 0.407. The molecule has 4 rings (SSSR count). The Hall–Kier alpha value is -1.64. The molecule has 24 heavy (non-hydrogen) atoms. The molecule has 126 valence electrons. The van der Waals surface area contributed by atoms with E-state index in [0.29, 0.717) is 12.2 Å². The Morgan fingerprint density at radius 2 is 1.25 bits per heavy atom. The van der Waals surface area contributed by atoms with Crippen LogP contribution in [0.4, 0.5) is 0 Å². The summed E-state index contributed by atoms with van der Waals surface area (Å²) in [6.45, 7) is 10.9. The first-order valence-electron chi connectivity index (χ1n) is 8.96. The Morgan fingerprint density at radius 3 is 1.75 bits per heavy atom. The second-order valence-corrected chi connectivity index (χ2v) is 7.37. The van der Waals surface area contributed by atoms with Gasteiger partial charge in [0, 0.05) is 12.8 Å². The van der Waals surface area contributed by atoms with Gasteiger partial charge in [0.05, 0.1) is 25.4 Å². The minimum absolute atomic E-state index is 0.441. The van der Waals surface area contributed by atoms with Crippen molar-refractivity contribution in [2.75, 3.05) is 13.2 Å². The van der Waals surface area contributed by atoms with Crippen molar-refractivity contribution in [2.24, 2.45) is 0 Å². The fourth-order valence-corrected chi connectivity index (χ4v) is 3.80. The number of epoxide rings is 2. The second-order valence-electron chi connectivity index (χ2n) is 7.37. The van der Waals surface area contributed by atoms with E-state index in [2.05, 4.69) is 52.0 Å². The first-order valence-corrected chi connectivity index (χ1v) is 8.96. The van der Waals surface area contributed by atoms with Crippen LogP contribution in [0.15, 0.2) is 24.3 Å². The van der Waals surface area contributed by atoms with E-state index in [0.717, 1.165) is 26.1 Å². The molecule has 0 spiro atoms. The highest BCUT2D eigenvalue weighted by molar-refractivity contribution is 5.75. The van der Waals surface area contributed by atoms with Crippen LogP contribution in [-0.2, 0) is 22.3 Å². The van der Waals surface area contributed by atoms with Gasteiger partial charge in [-0.15, -0.1) is 0 Å². The van der Waals surface area contributed by atoms with Crippen LogP contribution in [0.2, 0.25) is 0 Å². The van der Waals surface area contributed by atoms with Crippen molar-refractivity contribution in [3.63, 3.8) is 0 Å². The molecule has 2 unspecified atom stereocenters. The van der Waals surface area contributed by atoms with E-state index in [9.17, 15) is 0 Å². The molecule has 0 bridgehead atoms. The van der Waals surface area contributed by atoms with Crippen molar-refractivity contribution in [3.8, 4) is 11.1 Å². The average molecular weight is 322 g/mol. The van der Waals surface area contributed by atoms with Gasteiger partial charge in [0.25, 0.3) is 0 Å². The Morgan fingerprint density at radius 1 is 0.750 bits per heavy atom. The Balaban J connectivity index is 1.71. The summed E-state index contributed by atoms with van der Waals surface area (Å²) in [6, 6.07) is 9.06. The number of hydrogen-bond acceptors (Lipinski definition) is 2. The lowest BCUT2D eigenvalue weighted by Gasteiger charge is -2.21. The van der Waals surface area contributed by atoms with Gasteiger partial charge in [0.15, 0.2) is 0 Å². The van der Waals surface area contributed by atoms with Gasteiger partial charge < -0.3 is 9.47 Å². The molecule has 2 nitrogen and oxygen atoms in total. The lowest BCUT2D eigenvalue weighted by Crippen LogP contribution is -2.06. The predicted molar refractivity (Wildman–Crippen MR) is 97.7 cm³/mol. The van der Waals surface area contributed by atoms with E-state index in [1.165, 1.54) is 44.5 Å². The van der Waals surface area contributed by atoms with E-state index >= 15 is 0 Å². The Kier molecular flexibility index (Phi) is 3.98. The molecule has 2 atom stereocenters. The van der Waals surface area contributed by atoms with Crippen molar-refractivity contribution < 1.29 is 9.47 Å². The third kappa shape index (κ3) is 3.01. The molecule has 0 aromatic heterocycles. The van der Waals surface area contributed by atoms with Gasteiger partial charge >= 0.3 is 0 Å². The lowest BCUT2D eigenvalue weighted by atomic mass is 9.84. The highest BCUT2D eigenvalue weighted by Gasteiger charge is 2.26. The summed E-state index contributed by atoms with van der Waals surface area (Å²) in [5.74, 6) is 0. The van der Waals surface area contributed by atoms with E-state index in [4.69, 9.17) is 9.47 Å². The summed E-state index contributed by atoms with van der Waals surface area (Å²) in [5, 5.41) is 0. The van der Waals surface area contributed by atoms with Crippen molar-refractivity contribution >= 4 is 0 Å². The van der Waals surface area contributed by atoms with Crippen molar-refractivity contribution in [1.29, 1.82) is 0 Å². The van der Waals surface area contributed by atoms with Crippen molar-refractivity contribution in [1.82, 2.24) is 0 Å². The van der Waals surface area contributed by atoms with Gasteiger partial charge in [-0.25, -0.2) is 0 Å². The minimum Gasteiger partial charge on any atom is -0.373 e. The fourth-order valence-electron chi connectivity index (χ4n) is 3.80. The van der Waals surface area contributed by atoms with Gasteiger partial charge in [0.2, 0.25) is 0 Å². The topological polar surface area (TPSA) is 25.1 Å². The largest absolute Gasteiger partial charge is 0.373 e. The first-order chi connectivity index (χ1) is 11.5. The summed E-state index contributed by atoms with van der Waals surface area (Å²) in [4.78, 5) is 0. The highest BCUT2D eigenvalue weighted by Crippen LogP contribution is 2.36. The summed E-state index contributed by atoms with van der Waals surface area (Å²) in [6.07, 6.45) is 2.99. The number of benzene rings is 2. The molecule has 0 N–H and O–H groups in total. The fraction of sp³-hybridized carbons (Fsp3) is 0.455. The molecule has 2 saturated heterocycles. The number of ether oxygens (including phenoxy) is 2. The van der Waals surface area contributed by atoms with Gasteiger partial charge in [-0.2, -0.15) is 0 Å². The highest BCUT2D eigenvalue weighted by atomic mass is 16.6. The Labute approximate surface area is 144 Å². The summed E-state index contributed by atoms with van der Waals surface area (Å²) >= 11 is 0. The molecule has 2 heterocycles. The molecule has 2 heteroatoms. The van der Waals surface area contributed by atoms with Gasteiger partial charge in [0.1, 0.15) is 0 Å². The van der Waals surface area contributed by atoms with Crippen LogP contribution in [0.1, 0.15) is 33.4 Å². The standard InChI is InChI=1S/C22H26O2/c1-13-15(3)22(16(4)14(2)21(13)10-20-12-24-20)18-7-5-17(6-8-18)9-19-11-23-19/h5-8,19-20H,9-12H2,1-4H3. The predicted octanol–water partition coefficient (Wildman–Crippen LogP) is 4.47. The molecule has 2 aliphatic heterocycles. The van der Waals surface area contributed by atoms with E-state index in [1.807, 2.05) is 0 Å². The molecule has 2 aromatic rings. The molecular weight excluding hydrogens is 296 g/mol. The van der Waals surface area contributed by atoms with Crippen LogP contribution >= 0.6 is 0 Å². The molecule has 0 radical (unpaired) electrons. The van der Waals surface area contributed by atoms with Gasteiger partial charge in [-0.3, -0.25) is 0 Å². The van der Waals surface area contributed by atoms with Crippen LogP contribution in [0.3, 0.4) is 0 Å². The van der Waals surface area contributed by atoms with Crippen molar-refractivity contribution in [2.45, 2.75) is 52.7 Å². The molecule has 0 amide bonds. The van der Waals surface area contributed by atoms with Crippen LogP contribution in [0, 0.1) is 27.7 Å². The van der Waals surface area contributed by atoms with Crippen LogP contribution in [-0.4, -0.2) is 25.4 Å². The normalized spacial score (nSPS) is 21.8. The zero-order chi connectivity index (χ0) is 16.8. The van der Waals surface area contributed by atoms with Crippen LogP contribution < -0.4 is 0 Å². The molecule has 0 saturated carbocycles. The van der Waals surface area contributed by atoms with Crippen LogP contribution in [0.5, 0.6) is 0 Å². The third-order valence-corrected chi connectivity index (χ3v) is 5.72. The van der Waals surface area contributed by atoms with Crippen molar-refractivity contribution in [3.05, 3.63) is 57.6 Å². The quantitative estimate of drug-likeness (QED) is 0.759. The smallest absolute Gasteiger partial charge is 0.0850 e. The van der Waals surface area contributed by atoms with Crippen LogP contribution in [0.25, 0.3) is 11.1 Å². The number of hydrogen-bond donors (Lipinski definition) is 0. The van der Waals surface area contributed by atoms with E-state index in [-0.39, 0.29) is 0 Å². The Bertz CT molecular complexity index is 737. The SMILES string of the molecule is Cc1c(C)c(-c2ccc(CC3CO3)cc2)c(C)c(C)c1CC1CO1.